The third-order valence-electron chi connectivity index (χ3n) is 9.55. The number of para-hydroxylation sites is 3. The van der Waals surface area contributed by atoms with Crippen LogP contribution in [0.4, 0.5) is 0 Å². The van der Waals surface area contributed by atoms with Crippen LogP contribution in [0.3, 0.4) is 0 Å². The average Bonchev–Trinajstić information content (AvgIpc) is 3.87. The fourth-order valence-electron chi connectivity index (χ4n) is 7.66. The molecular weight excluding hydrogens is 599 g/mol. The van der Waals surface area contributed by atoms with E-state index >= 15 is 0 Å². The Morgan fingerprint density at radius 2 is 0.957 bits per heavy atom. The molecular formula is C41H23N3S2. The number of hydrogen-bond donors (Lipinski definition) is 0. The van der Waals surface area contributed by atoms with Gasteiger partial charge in [0.05, 0.1) is 38.0 Å². The maximum absolute atomic E-state index is 5.45. The van der Waals surface area contributed by atoms with Gasteiger partial charge in [-0.15, -0.1) is 11.3 Å². The van der Waals surface area contributed by atoms with E-state index < -0.39 is 0 Å². The molecule has 11 rings (SSSR count). The highest BCUT2D eigenvalue weighted by Gasteiger charge is 2.22. The lowest BCUT2D eigenvalue weighted by atomic mass is 10.0. The Hall–Kier alpha value is -5.49. The minimum absolute atomic E-state index is 0.999. The summed E-state index contributed by atoms with van der Waals surface area (Å²) in [7, 11) is 0. The molecule has 0 amide bonds. The third-order valence-corrected chi connectivity index (χ3v) is 11.7. The molecule has 0 atom stereocenters. The van der Waals surface area contributed by atoms with Crippen molar-refractivity contribution in [1.29, 1.82) is 0 Å². The normalized spacial score (nSPS) is 12.3. The molecule has 5 heteroatoms. The van der Waals surface area contributed by atoms with E-state index in [1.807, 2.05) is 11.3 Å². The van der Waals surface area contributed by atoms with Crippen LogP contribution >= 0.6 is 22.7 Å². The number of nitrogens with zero attached hydrogens (tertiary/aromatic N) is 3. The standard InChI is InChI=1S/C41H23N3S2/c1-2-15-28-26(13-1)34(43-31-17-7-3-11-24(31)25-12-4-8-18-32(25)43)23-30-27-14-5-9-19-33(27)44(40(28)30)41-42-39-37(46-41)22-21-36-38(39)29-16-6-10-20-35(29)45-36/h1-23H. The van der Waals surface area contributed by atoms with E-state index in [0.29, 0.717) is 0 Å². The first-order chi connectivity index (χ1) is 22.8. The van der Waals surface area contributed by atoms with Crippen molar-refractivity contribution < 1.29 is 0 Å². The van der Waals surface area contributed by atoms with Gasteiger partial charge in [-0.2, -0.15) is 0 Å². The van der Waals surface area contributed by atoms with E-state index in [-0.39, 0.29) is 0 Å². The maximum atomic E-state index is 5.45. The predicted octanol–water partition coefficient (Wildman–Crippen LogP) is 12.0. The zero-order valence-electron chi connectivity index (χ0n) is 24.4. The Bertz CT molecular complexity index is 2990. The molecule has 0 saturated heterocycles. The minimum Gasteiger partial charge on any atom is -0.309 e. The number of aromatic nitrogens is 3. The molecule has 4 heterocycles. The quantitative estimate of drug-likeness (QED) is 0.188. The second-order valence-corrected chi connectivity index (χ2v) is 14.0. The Kier molecular flexibility index (Phi) is 4.87. The van der Waals surface area contributed by atoms with Crippen LogP contribution in [-0.4, -0.2) is 14.1 Å². The molecule has 0 aliphatic heterocycles. The molecule has 0 bridgehead atoms. The second-order valence-electron chi connectivity index (χ2n) is 11.9. The van der Waals surface area contributed by atoms with E-state index in [1.165, 1.54) is 84.9 Å². The monoisotopic (exact) mass is 621 g/mol. The molecule has 0 spiro atoms. The summed E-state index contributed by atoms with van der Waals surface area (Å²) in [5, 5.41) is 11.0. The van der Waals surface area contributed by atoms with Gasteiger partial charge >= 0.3 is 0 Å². The fourth-order valence-corrected chi connectivity index (χ4v) is 9.76. The van der Waals surface area contributed by atoms with Crippen LogP contribution in [0.1, 0.15) is 0 Å². The molecule has 0 aliphatic rings. The average molecular weight is 622 g/mol. The zero-order valence-corrected chi connectivity index (χ0v) is 26.1. The molecule has 46 heavy (non-hydrogen) atoms. The molecule has 7 aromatic carbocycles. The number of hydrogen-bond acceptors (Lipinski definition) is 3. The van der Waals surface area contributed by atoms with Crippen molar-refractivity contribution in [1.82, 2.24) is 14.1 Å². The van der Waals surface area contributed by atoms with Crippen molar-refractivity contribution in [2.45, 2.75) is 0 Å². The minimum atomic E-state index is 0.999. The van der Waals surface area contributed by atoms with E-state index in [1.54, 1.807) is 11.3 Å². The Morgan fingerprint density at radius 3 is 1.67 bits per heavy atom. The van der Waals surface area contributed by atoms with Gasteiger partial charge in [-0.05, 0) is 42.5 Å². The van der Waals surface area contributed by atoms with Crippen molar-refractivity contribution in [2.24, 2.45) is 0 Å². The summed E-state index contributed by atoms with van der Waals surface area (Å²) < 4.78 is 8.67. The molecule has 0 fully saturated rings. The Balaban J connectivity index is 1.29. The van der Waals surface area contributed by atoms with Gasteiger partial charge in [0, 0.05) is 52.5 Å². The van der Waals surface area contributed by atoms with Crippen LogP contribution in [0.15, 0.2) is 140 Å². The third kappa shape index (κ3) is 3.18. The van der Waals surface area contributed by atoms with Gasteiger partial charge in [0.2, 0.25) is 0 Å². The number of rotatable bonds is 2. The van der Waals surface area contributed by atoms with Gasteiger partial charge < -0.3 is 4.57 Å². The number of thiazole rings is 1. The molecule has 0 radical (unpaired) electrons. The summed E-state index contributed by atoms with van der Waals surface area (Å²) in [6.45, 7) is 0. The van der Waals surface area contributed by atoms with Crippen molar-refractivity contribution >= 4 is 107 Å². The van der Waals surface area contributed by atoms with Crippen molar-refractivity contribution in [2.75, 3.05) is 0 Å². The lowest BCUT2D eigenvalue weighted by Gasteiger charge is -2.14. The van der Waals surface area contributed by atoms with Gasteiger partial charge in [0.25, 0.3) is 0 Å². The SMILES string of the molecule is c1ccc2c(c1)sc1ccc3sc(-n4c5ccccc5c5cc(-n6c7ccccc7c7ccccc76)c6ccccc6c54)nc3c12. The van der Waals surface area contributed by atoms with E-state index in [9.17, 15) is 0 Å². The van der Waals surface area contributed by atoms with Gasteiger partial charge in [0.1, 0.15) is 0 Å². The predicted molar refractivity (Wildman–Crippen MR) is 199 cm³/mol. The molecule has 11 aromatic rings. The van der Waals surface area contributed by atoms with Gasteiger partial charge in [0.15, 0.2) is 5.13 Å². The maximum Gasteiger partial charge on any atom is 0.195 e. The summed E-state index contributed by atoms with van der Waals surface area (Å²) in [6.07, 6.45) is 0. The molecule has 0 unspecified atom stereocenters. The molecule has 0 N–H and O–H groups in total. The number of fused-ring (bicyclic) bond motifs is 13. The zero-order chi connectivity index (χ0) is 29.9. The second kappa shape index (κ2) is 9.04. The molecule has 4 aromatic heterocycles. The van der Waals surface area contributed by atoms with Gasteiger partial charge in [-0.3, -0.25) is 4.57 Å². The largest absolute Gasteiger partial charge is 0.309 e. The first-order valence-electron chi connectivity index (χ1n) is 15.5. The van der Waals surface area contributed by atoms with E-state index in [0.717, 1.165) is 10.6 Å². The molecule has 3 nitrogen and oxygen atoms in total. The first kappa shape index (κ1) is 24.8. The van der Waals surface area contributed by atoms with E-state index in [4.69, 9.17) is 4.98 Å². The van der Waals surface area contributed by atoms with Crippen LogP contribution in [0, 0.1) is 0 Å². The lowest BCUT2D eigenvalue weighted by Crippen LogP contribution is -1.98. The fraction of sp³-hybridized carbons (Fsp3) is 0. The van der Waals surface area contributed by atoms with Crippen LogP contribution in [0.5, 0.6) is 0 Å². The summed E-state index contributed by atoms with van der Waals surface area (Å²) in [5.41, 5.74) is 7.09. The summed E-state index contributed by atoms with van der Waals surface area (Å²) in [5.74, 6) is 0. The molecule has 0 aliphatic carbocycles. The van der Waals surface area contributed by atoms with Gasteiger partial charge in [-0.25, -0.2) is 4.98 Å². The Labute approximate surface area is 270 Å². The van der Waals surface area contributed by atoms with Crippen molar-refractivity contribution in [3.05, 3.63) is 140 Å². The highest BCUT2D eigenvalue weighted by molar-refractivity contribution is 7.26. The lowest BCUT2D eigenvalue weighted by molar-refractivity contribution is 1.15. The molecule has 0 saturated carbocycles. The molecule has 214 valence electrons. The van der Waals surface area contributed by atoms with Crippen LogP contribution in [-0.2, 0) is 0 Å². The number of benzene rings is 7. The topological polar surface area (TPSA) is 22.8 Å². The smallest absolute Gasteiger partial charge is 0.195 e. The number of thiophene rings is 1. The van der Waals surface area contributed by atoms with Crippen molar-refractivity contribution in [3.8, 4) is 10.8 Å². The first-order valence-corrected chi connectivity index (χ1v) is 17.1. The summed E-state index contributed by atoms with van der Waals surface area (Å²) in [4.78, 5) is 5.45. The Morgan fingerprint density at radius 1 is 0.413 bits per heavy atom. The van der Waals surface area contributed by atoms with E-state index in [2.05, 4.69) is 149 Å². The van der Waals surface area contributed by atoms with Crippen LogP contribution < -0.4 is 0 Å². The summed E-state index contributed by atoms with van der Waals surface area (Å²) >= 11 is 3.62. The summed E-state index contributed by atoms with van der Waals surface area (Å²) in [6, 6.07) is 50.8. The van der Waals surface area contributed by atoms with Crippen molar-refractivity contribution in [3.63, 3.8) is 0 Å². The van der Waals surface area contributed by atoms with Crippen LogP contribution in [0.2, 0.25) is 0 Å². The highest BCUT2D eigenvalue weighted by atomic mass is 32.1. The highest BCUT2D eigenvalue weighted by Crippen LogP contribution is 2.45. The van der Waals surface area contributed by atoms with Gasteiger partial charge in [-0.1, -0.05) is 108 Å². The van der Waals surface area contributed by atoms with Crippen LogP contribution in [0.25, 0.3) is 95.6 Å².